The number of anilines is 3. The van der Waals surface area contributed by atoms with Crippen LogP contribution in [0.2, 0.25) is 0 Å². The minimum absolute atomic E-state index is 0.208. The minimum Gasteiger partial charge on any atom is -0.357 e. The van der Waals surface area contributed by atoms with Gasteiger partial charge in [0, 0.05) is 43.2 Å². The van der Waals surface area contributed by atoms with E-state index in [1.165, 1.54) is 5.69 Å². The molecule has 2 aliphatic rings. The van der Waals surface area contributed by atoms with Crippen LogP contribution in [-0.2, 0) is 6.54 Å². The van der Waals surface area contributed by atoms with Gasteiger partial charge in [0.05, 0.1) is 13.2 Å². The zero-order valence-corrected chi connectivity index (χ0v) is 19.8. The first-order chi connectivity index (χ1) is 17.3. The molecular weight excluding hydrogens is 438 g/mol. The van der Waals surface area contributed by atoms with Crippen LogP contribution in [0.3, 0.4) is 0 Å². The van der Waals surface area contributed by atoms with E-state index in [0.717, 1.165) is 43.6 Å². The first kappa shape index (κ1) is 21.5. The predicted octanol–water partition coefficient (Wildman–Crippen LogP) is 3.22. The number of hydrogen-bond acceptors (Lipinski definition) is 8. The van der Waals surface area contributed by atoms with E-state index < -0.39 is 0 Å². The number of nitrogens with zero attached hydrogens (tertiary/aromatic N) is 9. The van der Waals surface area contributed by atoms with Crippen LogP contribution in [0.4, 0.5) is 17.2 Å². The summed E-state index contributed by atoms with van der Waals surface area (Å²) >= 11 is 0. The molecule has 2 aromatic heterocycles. The maximum Gasteiger partial charge on any atom is 0.206 e. The van der Waals surface area contributed by atoms with Crippen LogP contribution in [-0.4, -0.2) is 62.4 Å². The lowest BCUT2D eigenvalue weighted by molar-refractivity contribution is 0.307. The van der Waals surface area contributed by atoms with Crippen molar-refractivity contribution < 1.29 is 0 Å². The molecule has 2 atom stereocenters. The molecule has 0 amide bonds. The molecule has 0 N–H and O–H groups in total. The van der Waals surface area contributed by atoms with Crippen LogP contribution in [0, 0.1) is 0 Å². The second kappa shape index (κ2) is 9.34. The summed E-state index contributed by atoms with van der Waals surface area (Å²) in [6.45, 7) is 6.56. The third-order valence-corrected chi connectivity index (χ3v) is 6.79. The molecule has 4 aromatic rings. The van der Waals surface area contributed by atoms with Gasteiger partial charge in [0.1, 0.15) is 5.82 Å². The highest BCUT2D eigenvalue weighted by Gasteiger charge is 2.41. The van der Waals surface area contributed by atoms with E-state index in [1.54, 1.807) is 0 Å². The van der Waals surface area contributed by atoms with Gasteiger partial charge < -0.3 is 14.7 Å². The summed E-state index contributed by atoms with van der Waals surface area (Å²) in [5, 5.41) is 13.1. The summed E-state index contributed by atoms with van der Waals surface area (Å²) in [5.74, 6) is 1.77. The lowest BCUT2D eigenvalue weighted by Gasteiger charge is -2.33. The first-order valence-electron chi connectivity index (χ1n) is 12.1. The minimum atomic E-state index is -0.208. The summed E-state index contributed by atoms with van der Waals surface area (Å²) in [6.07, 6.45) is 1.63. The molecule has 6 rings (SSSR count). The van der Waals surface area contributed by atoms with Crippen LogP contribution < -0.4 is 14.7 Å². The highest BCUT2D eigenvalue weighted by atomic mass is 15.7. The van der Waals surface area contributed by atoms with Gasteiger partial charge in [-0.3, -0.25) is 4.90 Å². The second-order valence-corrected chi connectivity index (χ2v) is 9.11. The number of benzene rings is 2. The molecule has 0 spiro atoms. The Kier molecular flexibility index (Phi) is 5.75. The van der Waals surface area contributed by atoms with Gasteiger partial charge in [-0.05, 0) is 53.7 Å². The fourth-order valence-electron chi connectivity index (χ4n) is 5.12. The summed E-state index contributed by atoms with van der Waals surface area (Å²) in [7, 11) is 0. The molecule has 35 heavy (non-hydrogen) atoms. The zero-order chi connectivity index (χ0) is 23.6. The van der Waals surface area contributed by atoms with Gasteiger partial charge in [-0.1, -0.05) is 42.5 Å². The molecule has 178 valence electrons. The van der Waals surface area contributed by atoms with Crippen molar-refractivity contribution >= 4 is 17.2 Å². The molecule has 1 unspecified atom stereocenters. The molecule has 2 fully saturated rings. The second-order valence-electron chi connectivity index (χ2n) is 9.11. The molecule has 0 radical (unpaired) electrons. The molecule has 9 nitrogen and oxygen atoms in total. The average molecular weight is 468 g/mol. The molecule has 0 saturated carbocycles. The summed E-state index contributed by atoms with van der Waals surface area (Å²) in [5.41, 5.74) is 2.39. The number of tetrazole rings is 1. The third kappa shape index (κ3) is 4.19. The maximum absolute atomic E-state index is 4.68. The fourth-order valence-corrected chi connectivity index (χ4v) is 5.12. The van der Waals surface area contributed by atoms with Crippen molar-refractivity contribution in [2.24, 2.45) is 0 Å². The Bertz CT molecular complexity index is 1230. The normalized spacial score (nSPS) is 20.7. The lowest BCUT2D eigenvalue weighted by Crippen LogP contribution is -2.40. The van der Waals surface area contributed by atoms with Crippen LogP contribution in [0.1, 0.15) is 19.0 Å². The van der Waals surface area contributed by atoms with Gasteiger partial charge >= 0.3 is 0 Å². The molecule has 2 aliphatic heterocycles. The Morgan fingerprint density at radius 3 is 2.34 bits per heavy atom. The SMILES string of the molecule is C[C@@H]1CN(c2ccccc2)C(n2nnnc2CN2CCN(c3ccccc3)C2)N1c1ccccn1. The zero-order valence-electron chi connectivity index (χ0n) is 19.8. The number of aromatic nitrogens is 5. The Balaban J connectivity index is 1.31. The predicted molar refractivity (Wildman–Crippen MR) is 136 cm³/mol. The van der Waals surface area contributed by atoms with Crippen LogP contribution >= 0.6 is 0 Å². The summed E-state index contributed by atoms with van der Waals surface area (Å²) in [6, 6.07) is 27.3. The van der Waals surface area contributed by atoms with Crippen molar-refractivity contribution in [3.05, 3.63) is 90.9 Å². The molecule has 0 aliphatic carbocycles. The largest absolute Gasteiger partial charge is 0.357 e. The monoisotopic (exact) mass is 467 g/mol. The summed E-state index contributed by atoms with van der Waals surface area (Å²) < 4.78 is 1.97. The standard InChI is InChI=1S/C26H29N9/c1-21-18-33(23-12-6-3-7-13-23)26(34(21)24-14-8-9-15-27-24)35-25(28-29-30-35)19-31-16-17-32(20-31)22-10-4-2-5-11-22/h2-15,21,26H,16-20H2,1H3/t21-,26?/m1/s1. The van der Waals surface area contributed by atoms with Crippen molar-refractivity contribution in [3.8, 4) is 0 Å². The average Bonchev–Trinajstić information content (AvgIpc) is 3.65. The van der Waals surface area contributed by atoms with Gasteiger partial charge in [-0.2, -0.15) is 4.68 Å². The molecule has 2 saturated heterocycles. The van der Waals surface area contributed by atoms with E-state index in [4.69, 9.17) is 0 Å². The van der Waals surface area contributed by atoms with Crippen molar-refractivity contribution in [3.63, 3.8) is 0 Å². The number of rotatable bonds is 6. The van der Waals surface area contributed by atoms with Crippen LogP contribution in [0.25, 0.3) is 0 Å². The number of hydrogen-bond donors (Lipinski definition) is 0. The number of pyridine rings is 1. The Morgan fingerprint density at radius 1 is 0.857 bits per heavy atom. The van der Waals surface area contributed by atoms with Crippen LogP contribution in [0.15, 0.2) is 85.1 Å². The van der Waals surface area contributed by atoms with Gasteiger partial charge in [0.2, 0.25) is 6.29 Å². The van der Waals surface area contributed by atoms with Gasteiger partial charge in [0.25, 0.3) is 0 Å². The van der Waals surface area contributed by atoms with Gasteiger partial charge in [-0.15, -0.1) is 5.10 Å². The topological polar surface area (TPSA) is 69.5 Å². The van der Waals surface area contributed by atoms with Crippen molar-refractivity contribution in [2.75, 3.05) is 41.0 Å². The Morgan fingerprint density at radius 2 is 1.60 bits per heavy atom. The van der Waals surface area contributed by atoms with E-state index >= 15 is 0 Å². The number of para-hydroxylation sites is 2. The van der Waals surface area contributed by atoms with Gasteiger partial charge in [-0.25, -0.2) is 4.98 Å². The van der Waals surface area contributed by atoms with Crippen molar-refractivity contribution in [1.82, 2.24) is 30.1 Å². The maximum atomic E-state index is 4.68. The van der Waals surface area contributed by atoms with Crippen molar-refractivity contribution in [2.45, 2.75) is 25.8 Å². The molecule has 4 heterocycles. The van der Waals surface area contributed by atoms with Crippen molar-refractivity contribution in [1.29, 1.82) is 0 Å². The van der Waals surface area contributed by atoms with Crippen LogP contribution in [0.5, 0.6) is 0 Å². The summed E-state index contributed by atoms with van der Waals surface area (Å²) in [4.78, 5) is 14.1. The Labute approximate surface area is 205 Å². The molecule has 2 aromatic carbocycles. The van der Waals surface area contributed by atoms with E-state index in [1.807, 2.05) is 29.1 Å². The van der Waals surface area contributed by atoms with E-state index in [-0.39, 0.29) is 12.3 Å². The smallest absolute Gasteiger partial charge is 0.206 e. The van der Waals surface area contributed by atoms with Gasteiger partial charge in [0.15, 0.2) is 5.82 Å². The molecule has 9 heteroatoms. The highest BCUT2D eigenvalue weighted by Crippen LogP contribution is 2.36. The van der Waals surface area contributed by atoms with E-state index in [9.17, 15) is 0 Å². The van der Waals surface area contributed by atoms with E-state index in [0.29, 0.717) is 6.54 Å². The Hall–Kier alpha value is -3.98. The fraction of sp³-hybridized carbons (Fsp3) is 0.308. The third-order valence-electron chi connectivity index (χ3n) is 6.79. The lowest BCUT2D eigenvalue weighted by atomic mass is 10.3. The highest BCUT2D eigenvalue weighted by molar-refractivity contribution is 5.54. The molecular formula is C26H29N9. The van der Waals surface area contributed by atoms with E-state index in [2.05, 4.69) is 108 Å². The first-order valence-corrected chi connectivity index (χ1v) is 12.1. The quantitative estimate of drug-likeness (QED) is 0.428. The molecule has 0 bridgehead atoms.